The summed E-state index contributed by atoms with van der Waals surface area (Å²) >= 11 is 2.22. The molecule has 0 bridgehead atoms. The van der Waals surface area contributed by atoms with Crippen molar-refractivity contribution < 1.29 is 23.5 Å². The maximum absolute atomic E-state index is 13.1. The molecule has 0 heterocycles. The van der Waals surface area contributed by atoms with E-state index < -0.39 is 22.7 Å². The molecule has 0 spiro atoms. The zero-order valence-electron chi connectivity index (χ0n) is 37.7. The average Bonchev–Trinajstić information content (AvgIpc) is 3.08. The predicted octanol–water partition coefficient (Wildman–Crippen LogP) is 14.7. The second kappa shape index (κ2) is 27.4. The topological polar surface area (TPSA) is 65.0 Å². The summed E-state index contributed by atoms with van der Waals surface area (Å²) in [6.45, 7) is 41.8. The summed E-state index contributed by atoms with van der Waals surface area (Å²) in [7, 11) is -4.14. The lowest BCUT2D eigenvalue weighted by molar-refractivity contribution is -0.144. The van der Waals surface area contributed by atoms with Crippen molar-refractivity contribution in [1.29, 1.82) is 0 Å². The van der Waals surface area contributed by atoms with Gasteiger partial charge in [-0.25, -0.2) is 4.79 Å². The molecular weight excluding hydrogens is 828 g/mol. The number of carbonyl (C=O) groups excluding carboxylic acids is 1. The normalized spacial score (nSPS) is 16.8. The van der Waals surface area contributed by atoms with Gasteiger partial charge in [-0.05, 0) is 83.3 Å². The highest BCUT2D eigenvalue weighted by molar-refractivity contribution is 14.1. The summed E-state index contributed by atoms with van der Waals surface area (Å²) in [6.07, 6.45) is 20.9. The number of ether oxygens (including phenoxy) is 1. The maximum atomic E-state index is 13.1. The number of allylic oxidation sites excluding steroid dienone is 6. The lowest BCUT2D eigenvalue weighted by Gasteiger charge is -2.45. The van der Waals surface area contributed by atoms with Crippen LogP contribution in [0.2, 0.25) is 33.2 Å². The van der Waals surface area contributed by atoms with Crippen molar-refractivity contribution in [2.45, 2.75) is 200 Å². The minimum absolute atomic E-state index is 0.0222. The van der Waals surface area contributed by atoms with Gasteiger partial charge in [0, 0.05) is 18.4 Å². The molecule has 0 aromatic rings. The van der Waals surface area contributed by atoms with Gasteiger partial charge in [0.15, 0.2) is 0 Å². The number of hydrogen-bond acceptors (Lipinski definition) is 5. The molecule has 0 aliphatic carbocycles. The molecule has 5 nitrogen and oxygen atoms in total. The number of aliphatic hydroxyl groups excluding tert-OH is 1. The van der Waals surface area contributed by atoms with Crippen LogP contribution in [0.1, 0.15) is 142 Å². The van der Waals surface area contributed by atoms with E-state index in [0.29, 0.717) is 46.1 Å². The smallest absolute Gasteiger partial charge is 0.330 e. The Morgan fingerprint density at radius 1 is 0.727 bits per heavy atom. The average molecular weight is 911 g/mol. The fraction of sp³-hybridized carbons (Fsp3) is 0.681. The monoisotopic (exact) mass is 910 g/mol. The Kier molecular flexibility index (Phi) is 26.7. The van der Waals surface area contributed by atoms with Crippen molar-refractivity contribution in [3.8, 4) is 0 Å². The molecule has 316 valence electrons. The predicted molar refractivity (Wildman–Crippen MR) is 254 cm³/mol. The lowest BCUT2D eigenvalue weighted by atomic mass is 9.95. The molecule has 0 aromatic heterocycles. The second-order valence-corrected chi connectivity index (χ2v) is 29.0. The van der Waals surface area contributed by atoms with Gasteiger partial charge in [-0.2, -0.15) is 0 Å². The van der Waals surface area contributed by atoms with E-state index in [-0.39, 0.29) is 30.2 Å². The van der Waals surface area contributed by atoms with Gasteiger partial charge < -0.3 is 18.7 Å². The first-order chi connectivity index (χ1) is 25.7. The van der Waals surface area contributed by atoms with Gasteiger partial charge in [0.05, 0.1) is 18.3 Å². The summed E-state index contributed by atoms with van der Waals surface area (Å²) in [5.41, 5.74) is 5.12. The first kappa shape index (κ1) is 53.7. The molecule has 8 heteroatoms. The number of aliphatic hydroxyl groups is 1. The van der Waals surface area contributed by atoms with Crippen LogP contribution < -0.4 is 0 Å². The quantitative estimate of drug-likeness (QED) is 0.0161. The van der Waals surface area contributed by atoms with Crippen LogP contribution in [0, 0.1) is 5.92 Å². The van der Waals surface area contributed by atoms with Gasteiger partial charge in [-0.3, -0.25) is 0 Å². The van der Waals surface area contributed by atoms with E-state index in [1.54, 1.807) is 12.2 Å². The van der Waals surface area contributed by atoms with Gasteiger partial charge in [-0.15, -0.1) is 13.2 Å². The Bertz CT molecular complexity index is 1230. The summed E-state index contributed by atoms with van der Waals surface area (Å²) in [4.78, 5) is 13.1. The number of hydrogen-bond donors (Lipinski definition) is 1. The SMILES string of the molecule is C=C[C@H](CCC/C=C/C(=O)O[C@H](C/C(C)=C/C=C/CC[C@H](O)[C@H](C=C)O[Si](C(C)C)(C(C)C)C(C)C)[C@H](C)/C=C(C)/C=C/I)O[Si](C(C)C)(C(C)C)C(C)C. The molecule has 0 aliphatic rings. The first-order valence-corrected chi connectivity index (χ1v) is 26.6. The van der Waals surface area contributed by atoms with E-state index in [1.165, 1.54) is 0 Å². The standard InChI is InChI=1S/C47H83IO5Si2/c1-18-43(52-54(34(3)4,35(5)6)36(7)8)27-23-21-25-29-47(50)51-46(42(17)32-41(16)30-31-48)33-40(15)26-22-20-24-28-44(49)45(19-2)53-55(37(9)10,38(11)12)39(13)14/h18-20,22,25-26,29-32,34-39,42-46,49H,1-2,21,23-24,27-28,33H2,3-17H3/b22-20+,29-25+,31-30+,40-26+,41-32+/t42-,43-,44+,45+,46-/m1/s1. The third-order valence-corrected chi connectivity index (χ3v) is 24.1. The minimum Gasteiger partial charge on any atom is -0.458 e. The molecule has 55 heavy (non-hydrogen) atoms. The van der Waals surface area contributed by atoms with Gasteiger partial charge in [0.1, 0.15) is 6.10 Å². The number of esters is 1. The molecule has 0 aliphatic heterocycles. The molecule has 0 unspecified atom stereocenters. The van der Waals surface area contributed by atoms with Gasteiger partial charge >= 0.3 is 5.97 Å². The molecule has 0 rings (SSSR count). The highest BCUT2D eigenvalue weighted by Crippen LogP contribution is 2.44. The summed E-state index contributed by atoms with van der Waals surface area (Å²) in [5, 5.41) is 11.1. The third kappa shape index (κ3) is 17.6. The first-order valence-electron chi connectivity index (χ1n) is 21.1. The Morgan fingerprint density at radius 3 is 1.73 bits per heavy atom. The molecule has 5 atom stereocenters. The van der Waals surface area contributed by atoms with E-state index in [0.717, 1.165) is 36.8 Å². The van der Waals surface area contributed by atoms with Crippen molar-refractivity contribution in [1.82, 2.24) is 0 Å². The number of halogens is 1. The van der Waals surface area contributed by atoms with E-state index in [1.807, 2.05) is 22.3 Å². The zero-order chi connectivity index (χ0) is 42.5. The van der Waals surface area contributed by atoms with Crippen LogP contribution in [0.5, 0.6) is 0 Å². The number of carbonyl (C=O) groups is 1. The highest BCUT2D eigenvalue weighted by Gasteiger charge is 2.47. The summed E-state index contributed by atoms with van der Waals surface area (Å²) in [6, 6.07) is 0. The van der Waals surface area contributed by atoms with E-state index in [4.69, 9.17) is 13.6 Å². The van der Waals surface area contributed by atoms with Crippen LogP contribution >= 0.6 is 22.6 Å². The van der Waals surface area contributed by atoms with Crippen LogP contribution in [-0.2, 0) is 18.4 Å². The minimum atomic E-state index is -2.14. The molecule has 0 saturated carbocycles. The molecule has 0 fully saturated rings. The van der Waals surface area contributed by atoms with Crippen molar-refractivity contribution in [3.05, 3.63) is 83.1 Å². The Balaban J connectivity index is 5.57. The molecule has 0 radical (unpaired) electrons. The molecule has 0 amide bonds. The van der Waals surface area contributed by atoms with Gasteiger partial charge in [0.2, 0.25) is 16.6 Å². The second-order valence-electron chi connectivity index (χ2n) is 17.5. The summed E-state index contributed by atoms with van der Waals surface area (Å²) < 4.78 is 21.8. The Morgan fingerprint density at radius 2 is 1.25 bits per heavy atom. The van der Waals surface area contributed by atoms with Crippen LogP contribution in [0.4, 0.5) is 0 Å². The van der Waals surface area contributed by atoms with Crippen molar-refractivity contribution >= 4 is 45.2 Å². The zero-order valence-corrected chi connectivity index (χ0v) is 41.9. The van der Waals surface area contributed by atoms with Crippen molar-refractivity contribution in [2.75, 3.05) is 0 Å². The van der Waals surface area contributed by atoms with E-state index in [9.17, 15) is 9.90 Å². The number of unbranched alkanes of at least 4 members (excludes halogenated alkanes) is 1. The van der Waals surface area contributed by atoms with Crippen LogP contribution in [0.15, 0.2) is 83.1 Å². The van der Waals surface area contributed by atoms with Gasteiger partial charge in [0.25, 0.3) is 0 Å². The Hall–Kier alpha value is -1.31. The van der Waals surface area contributed by atoms with Crippen molar-refractivity contribution in [2.24, 2.45) is 5.92 Å². The molecule has 0 saturated heterocycles. The lowest BCUT2D eigenvalue weighted by Crippen LogP contribution is -2.51. The molecular formula is C47H83IO5Si2. The van der Waals surface area contributed by atoms with Crippen LogP contribution in [0.25, 0.3) is 0 Å². The fourth-order valence-corrected chi connectivity index (χ4v) is 20.4. The van der Waals surface area contributed by atoms with Crippen LogP contribution in [0.3, 0.4) is 0 Å². The Labute approximate surface area is 355 Å². The van der Waals surface area contributed by atoms with E-state index >= 15 is 0 Å². The molecule has 1 N–H and O–H groups in total. The van der Waals surface area contributed by atoms with Crippen LogP contribution in [-0.4, -0.2) is 52.1 Å². The third-order valence-electron chi connectivity index (χ3n) is 11.5. The summed E-state index contributed by atoms with van der Waals surface area (Å²) in [5.74, 6) is -0.287. The van der Waals surface area contributed by atoms with E-state index in [2.05, 4.69) is 164 Å². The largest absolute Gasteiger partial charge is 0.458 e. The highest BCUT2D eigenvalue weighted by atomic mass is 127. The number of rotatable bonds is 28. The molecule has 0 aromatic carbocycles. The maximum Gasteiger partial charge on any atom is 0.330 e. The van der Waals surface area contributed by atoms with Crippen molar-refractivity contribution in [3.63, 3.8) is 0 Å². The fourth-order valence-electron chi connectivity index (χ4n) is 8.78. The van der Waals surface area contributed by atoms with Gasteiger partial charge in [-0.1, -0.05) is 172 Å².